The molecule has 8 heteroatoms. The van der Waals surface area contributed by atoms with E-state index in [0.717, 1.165) is 19.6 Å². The number of rotatable bonds is 7. The fourth-order valence-electron chi connectivity index (χ4n) is 2.48. The van der Waals surface area contributed by atoms with E-state index in [0.29, 0.717) is 12.2 Å². The van der Waals surface area contributed by atoms with Crippen LogP contribution in [0.2, 0.25) is 0 Å². The number of carbonyl (C=O) groups excluding carboxylic acids is 2. The predicted molar refractivity (Wildman–Crippen MR) is 99.3 cm³/mol. The number of nitrogens with one attached hydrogen (secondary N) is 1. The molecule has 1 saturated heterocycles. The van der Waals surface area contributed by atoms with Crippen molar-refractivity contribution in [2.24, 2.45) is 10.9 Å². The summed E-state index contributed by atoms with van der Waals surface area (Å²) in [4.78, 5) is 32.3. The third-order valence-electron chi connectivity index (χ3n) is 3.98. The molecular formula is C17H21FN4O2S. The highest BCUT2D eigenvalue weighted by atomic mass is 32.1. The minimum Gasteiger partial charge on any atom is -0.302 e. The maximum absolute atomic E-state index is 13.1. The van der Waals surface area contributed by atoms with E-state index < -0.39 is 23.5 Å². The maximum atomic E-state index is 13.1. The van der Waals surface area contributed by atoms with Gasteiger partial charge in [-0.05, 0) is 49.6 Å². The summed E-state index contributed by atoms with van der Waals surface area (Å²) < 4.78 is 13.1. The summed E-state index contributed by atoms with van der Waals surface area (Å²) in [6.45, 7) is 7.22. The summed E-state index contributed by atoms with van der Waals surface area (Å²) in [6.07, 6.45) is 1.36. The number of thiocarbonyl (C=S) groups is 1. The van der Waals surface area contributed by atoms with Crippen molar-refractivity contribution in [1.29, 1.82) is 0 Å². The first-order chi connectivity index (χ1) is 12.0. The molecule has 0 aromatic heterocycles. The van der Waals surface area contributed by atoms with Crippen molar-refractivity contribution in [1.82, 2.24) is 10.2 Å². The van der Waals surface area contributed by atoms with Gasteiger partial charge in [0.15, 0.2) is 11.0 Å². The van der Waals surface area contributed by atoms with Gasteiger partial charge in [0.25, 0.3) is 5.91 Å². The Labute approximate surface area is 151 Å². The van der Waals surface area contributed by atoms with Crippen LogP contribution in [0.3, 0.4) is 0 Å². The molecule has 6 nitrogen and oxygen atoms in total. The van der Waals surface area contributed by atoms with Crippen molar-refractivity contribution in [2.45, 2.75) is 13.8 Å². The quantitative estimate of drug-likeness (QED) is 0.453. The van der Waals surface area contributed by atoms with Crippen LogP contribution in [0, 0.1) is 11.7 Å². The Balaban J connectivity index is 2.10. The summed E-state index contributed by atoms with van der Waals surface area (Å²) in [7, 11) is 0. The number of halogens is 1. The normalized spacial score (nSPS) is 18.3. The number of anilines is 1. The highest BCUT2D eigenvalue weighted by molar-refractivity contribution is 7.80. The summed E-state index contributed by atoms with van der Waals surface area (Å²) >= 11 is 5.08. The van der Waals surface area contributed by atoms with Crippen LogP contribution in [0.25, 0.3) is 0 Å². The number of hydrogen-bond donors (Lipinski definition) is 1. The largest absolute Gasteiger partial charge is 0.302 e. The van der Waals surface area contributed by atoms with Crippen molar-refractivity contribution in [3.63, 3.8) is 0 Å². The molecule has 0 aliphatic carbocycles. The van der Waals surface area contributed by atoms with Crippen LogP contribution < -0.4 is 10.2 Å². The molecule has 1 atom stereocenters. The van der Waals surface area contributed by atoms with Crippen LogP contribution in [-0.4, -0.2) is 54.2 Å². The van der Waals surface area contributed by atoms with Gasteiger partial charge in [0.1, 0.15) is 5.82 Å². The van der Waals surface area contributed by atoms with E-state index in [1.54, 1.807) is 0 Å². The monoisotopic (exact) mass is 364 g/mol. The molecule has 1 N–H and O–H groups in total. The molecule has 1 aliphatic heterocycles. The molecule has 25 heavy (non-hydrogen) atoms. The van der Waals surface area contributed by atoms with Gasteiger partial charge in [-0.25, -0.2) is 4.39 Å². The Bertz CT molecular complexity index is 674. The number of carbonyl (C=O) groups is 2. The Hall–Kier alpha value is -2.19. The predicted octanol–water partition coefficient (Wildman–Crippen LogP) is 1.60. The number of likely N-dealkylation sites (N-methyl/N-ethyl adjacent to an activating group) is 1. The third kappa shape index (κ3) is 4.67. The lowest BCUT2D eigenvalue weighted by molar-refractivity contribution is -0.130. The molecule has 1 aliphatic rings. The fourth-order valence-corrected chi connectivity index (χ4v) is 2.77. The lowest BCUT2D eigenvalue weighted by atomic mass is 10.1. The van der Waals surface area contributed by atoms with E-state index in [4.69, 9.17) is 12.2 Å². The summed E-state index contributed by atoms with van der Waals surface area (Å²) in [5.41, 5.74) is 0.401. The molecule has 2 rings (SSSR count). The minimum absolute atomic E-state index is 0.0191. The van der Waals surface area contributed by atoms with Gasteiger partial charge >= 0.3 is 0 Å². The van der Waals surface area contributed by atoms with Gasteiger partial charge < -0.3 is 10.2 Å². The van der Waals surface area contributed by atoms with Crippen LogP contribution in [0.4, 0.5) is 10.1 Å². The van der Waals surface area contributed by atoms with Crippen molar-refractivity contribution < 1.29 is 14.0 Å². The number of hydrogen-bond acceptors (Lipinski definition) is 5. The van der Waals surface area contributed by atoms with Crippen molar-refractivity contribution in [3.8, 4) is 0 Å². The summed E-state index contributed by atoms with van der Waals surface area (Å²) in [5, 5.41) is 2.48. The van der Waals surface area contributed by atoms with E-state index in [-0.39, 0.29) is 5.11 Å². The molecule has 0 spiro atoms. The zero-order valence-electron chi connectivity index (χ0n) is 14.2. The molecule has 1 fully saturated rings. The van der Waals surface area contributed by atoms with E-state index in [2.05, 4.69) is 29.1 Å². The average molecular weight is 364 g/mol. The summed E-state index contributed by atoms with van der Waals surface area (Å²) in [5.74, 6) is -2.46. The fraction of sp³-hybridized carbons (Fsp3) is 0.412. The van der Waals surface area contributed by atoms with Gasteiger partial charge in [0.2, 0.25) is 5.91 Å². The second-order valence-corrected chi connectivity index (χ2v) is 5.89. The maximum Gasteiger partial charge on any atom is 0.251 e. The van der Waals surface area contributed by atoms with Gasteiger partial charge in [0.05, 0.1) is 12.2 Å². The minimum atomic E-state index is -1.05. The average Bonchev–Trinajstić information content (AvgIpc) is 2.59. The first kappa shape index (κ1) is 19.1. The second kappa shape index (κ2) is 8.77. The highest BCUT2D eigenvalue weighted by Crippen LogP contribution is 2.20. The number of benzene rings is 1. The second-order valence-electron chi connectivity index (χ2n) is 5.50. The molecule has 2 amide bonds. The molecular weight excluding hydrogens is 343 g/mol. The number of amides is 2. The van der Waals surface area contributed by atoms with Gasteiger partial charge in [-0.2, -0.15) is 0 Å². The highest BCUT2D eigenvalue weighted by Gasteiger charge is 2.38. The van der Waals surface area contributed by atoms with Crippen molar-refractivity contribution in [2.75, 3.05) is 31.1 Å². The van der Waals surface area contributed by atoms with Crippen LogP contribution in [-0.2, 0) is 9.59 Å². The van der Waals surface area contributed by atoms with E-state index >= 15 is 0 Å². The smallest absolute Gasteiger partial charge is 0.251 e. The molecule has 0 radical (unpaired) electrons. The molecule has 0 bridgehead atoms. The first-order valence-electron chi connectivity index (χ1n) is 8.14. The van der Waals surface area contributed by atoms with Crippen LogP contribution in [0.5, 0.6) is 0 Å². The lowest BCUT2D eigenvalue weighted by Crippen LogP contribution is -2.58. The van der Waals surface area contributed by atoms with Crippen molar-refractivity contribution in [3.05, 3.63) is 30.1 Å². The van der Waals surface area contributed by atoms with Gasteiger partial charge in [-0.15, -0.1) is 0 Å². The SMILES string of the molecule is CCN(CC)CCN=CC1C(=O)NC(=S)N(c2ccc(F)cc2)C1=O. The zero-order chi connectivity index (χ0) is 18.4. The first-order valence-corrected chi connectivity index (χ1v) is 8.55. The standard InChI is InChI=1S/C17H21FN4O2S/c1-3-21(4-2)10-9-19-11-14-15(23)20-17(25)22(16(14)24)13-7-5-12(18)6-8-13/h5-8,11,14H,3-4,9-10H2,1-2H3,(H,20,23,25). The molecule has 134 valence electrons. The Morgan fingerprint density at radius 2 is 1.92 bits per heavy atom. The third-order valence-corrected chi connectivity index (χ3v) is 4.27. The Kier molecular flexibility index (Phi) is 6.72. The topological polar surface area (TPSA) is 65.0 Å². The van der Waals surface area contributed by atoms with Crippen LogP contribution in [0.1, 0.15) is 13.8 Å². The molecule has 1 unspecified atom stereocenters. The lowest BCUT2D eigenvalue weighted by Gasteiger charge is -2.30. The van der Waals surface area contributed by atoms with Gasteiger partial charge in [-0.1, -0.05) is 13.8 Å². The van der Waals surface area contributed by atoms with E-state index in [1.165, 1.54) is 35.4 Å². The van der Waals surface area contributed by atoms with Gasteiger partial charge in [0, 0.05) is 12.8 Å². The summed E-state index contributed by atoms with van der Waals surface area (Å²) in [6, 6.07) is 5.33. The molecule has 0 saturated carbocycles. The van der Waals surface area contributed by atoms with E-state index in [1.807, 2.05) is 0 Å². The molecule has 1 aromatic carbocycles. The molecule has 1 aromatic rings. The Morgan fingerprint density at radius 3 is 2.52 bits per heavy atom. The van der Waals surface area contributed by atoms with Crippen LogP contribution >= 0.6 is 12.2 Å². The Morgan fingerprint density at radius 1 is 1.28 bits per heavy atom. The zero-order valence-corrected chi connectivity index (χ0v) is 15.1. The van der Waals surface area contributed by atoms with E-state index in [9.17, 15) is 14.0 Å². The number of nitrogens with zero attached hydrogens (tertiary/aromatic N) is 3. The number of aliphatic imine (C=N–C) groups is 1. The van der Waals surface area contributed by atoms with Crippen molar-refractivity contribution >= 4 is 41.0 Å². The van der Waals surface area contributed by atoms with Gasteiger partial charge in [-0.3, -0.25) is 19.5 Å². The molecule has 1 heterocycles. The van der Waals surface area contributed by atoms with Crippen LogP contribution in [0.15, 0.2) is 29.3 Å².